The predicted molar refractivity (Wildman–Crippen MR) is 68.0 cm³/mol. The summed E-state index contributed by atoms with van der Waals surface area (Å²) in [5, 5.41) is 28.5. The third-order valence-electron chi connectivity index (χ3n) is 3.51. The molecule has 0 aromatic heterocycles. The number of ether oxygens (including phenoxy) is 1. The minimum absolute atomic E-state index is 0.0159. The largest absolute Gasteiger partial charge is 0.392 e. The Labute approximate surface area is 115 Å². The van der Waals surface area contributed by atoms with E-state index >= 15 is 0 Å². The number of aliphatic hydroxyl groups is 3. The average molecular weight is 280 g/mol. The molecule has 1 aromatic rings. The smallest absolute Gasteiger partial charge is 0.347 e. The van der Waals surface area contributed by atoms with E-state index < -0.39 is 25.2 Å². The Morgan fingerprint density at radius 2 is 1.25 bits per heavy atom. The van der Waals surface area contributed by atoms with E-state index in [1.54, 1.807) is 0 Å². The second-order valence-corrected chi connectivity index (χ2v) is 4.57. The highest BCUT2D eigenvalue weighted by Gasteiger charge is 2.37. The Kier molecular flexibility index (Phi) is 4.17. The van der Waals surface area contributed by atoms with Gasteiger partial charge in [0.05, 0.1) is 30.9 Å². The molecule has 1 aliphatic heterocycles. The maximum Gasteiger partial charge on any atom is 0.347 e. The average Bonchev–Trinajstić information content (AvgIpc) is 2.73. The maximum absolute atomic E-state index is 11.8. The Morgan fingerprint density at radius 3 is 1.65 bits per heavy atom. The monoisotopic (exact) mass is 280 g/mol. The molecule has 20 heavy (non-hydrogen) atoms. The van der Waals surface area contributed by atoms with E-state index in [0.29, 0.717) is 23.1 Å². The van der Waals surface area contributed by atoms with Crippen molar-refractivity contribution in [3.05, 3.63) is 33.4 Å². The number of fused-ring (bicyclic) bond motifs is 1. The molecule has 2 rings (SSSR count). The van der Waals surface area contributed by atoms with Crippen LogP contribution in [0.15, 0.2) is 0 Å². The highest BCUT2D eigenvalue weighted by Crippen LogP contribution is 2.34. The van der Waals surface area contributed by atoms with Crippen molar-refractivity contribution < 1.29 is 29.6 Å². The summed E-state index contributed by atoms with van der Waals surface area (Å²) in [6.45, 7) is 0.617. The first-order chi connectivity index (χ1) is 9.60. The van der Waals surface area contributed by atoms with E-state index in [4.69, 9.17) is 0 Å². The van der Waals surface area contributed by atoms with Crippen molar-refractivity contribution in [3.63, 3.8) is 0 Å². The van der Waals surface area contributed by atoms with Crippen LogP contribution in [0.1, 0.15) is 56.3 Å². The van der Waals surface area contributed by atoms with Crippen LogP contribution in [-0.4, -0.2) is 27.3 Å². The first kappa shape index (κ1) is 14.6. The Hall–Kier alpha value is -1.76. The first-order valence-corrected chi connectivity index (χ1v) is 6.39. The number of carbonyl (C=O) groups excluding carboxylic acids is 2. The normalized spacial score (nSPS) is 13.6. The molecular weight excluding hydrogens is 264 g/mol. The van der Waals surface area contributed by atoms with Gasteiger partial charge in [0.2, 0.25) is 0 Å². The van der Waals surface area contributed by atoms with Gasteiger partial charge in [-0.15, -0.1) is 0 Å². The van der Waals surface area contributed by atoms with Gasteiger partial charge in [0.25, 0.3) is 0 Å². The third kappa shape index (κ3) is 2.02. The number of rotatable bonds is 5. The van der Waals surface area contributed by atoms with Crippen LogP contribution in [0.25, 0.3) is 0 Å². The quantitative estimate of drug-likeness (QED) is 0.533. The highest BCUT2D eigenvalue weighted by molar-refractivity contribution is 6.16. The fourth-order valence-electron chi connectivity index (χ4n) is 2.70. The van der Waals surface area contributed by atoms with Crippen molar-refractivity contribution >= 4 is 11.9 Å². The molecule has 0 saturated heterocycles. The lowest BCUT2D eigenvalue weighted by molar-refractivity contribution is 0.0441. The second-order valence-electron chi connectivity index (χ2n) is 4.57. The SMILES string of the molecule is CCCc1c(CO)c(CO)c2c(c1CO)C(=O)OC2=O. The standard InChI is InChI=1S/C14H16O6/c1-2-3-7-8(4-15)10(6-17)12-11(9(7)5-16)13(18)20-14(12)19/h15-17H,2-6H2,1H3. The molecule has 0 amide bonds. The molecule has 0 unspecified atom stereocenters. The van der Waals surface area contributed by atoms with Crippen LogP contribution in [0.5, 0.6) is 0 Å². The van der Waals surface area contributed by atoms with Crippen LogP contribution in [-0.2, 0) is 31.0 Å². The summed E-state index contributed by atoms with van der Waals surface area (Å²) in [7, 11) is 0. The number of cyclic esters (lactones) is 2. The van der Waals surface area contributed by atoms with Gasteiger partial charge in [0, 0.05) is 0 Å². The molecule has 3 N–H and O–H groups in total. The van der Waals surface area contributed by atoms with Crippen LogP contribution >= 0.6 is 0 Å². The van der Waals surface area contributed by atoms with Crippen molar-refractivity contribution in [1.29, 1.82) is 0 Å². The van der Waals surface area contributed by atoms with Gasteiger partial charge in [-0.1, -0.05) is 13.3 Å². The summed E-state index contributed by atoms with van der Waals surface area (Å²) in [5.41, 5.74) is 1.49. The molecule has 1 aliphatic rings. The lowest BCUT2D eigenvalue weighted by Crippen LogP contribution is -2.13. The molecule has 0 atom stereocenters. The van der Waals surface area contributed by atoms with E-state index in [-0.39, 0.29) is 23.3 Å². The number of hydrogen-bond acceptors (Lipinski definition) is 6. The van der Waals surface area contributed by atoms with Crippen molar-refractivity contribution in [1.82, 2.24) is 0 Å². The van der Waals surface area contributed by atoms with Crippen LogP contribution in [0, 0.1) is 0 Å². The molecule has 0 radical (unpaired) electrons. The summed E-state index contributed by atoms with van der Waals surface area (Å²) >= 11 is 0. The zero-order valence-corrected chi connectivity index (χ0v) is 11.1. The van der Waals surface area contributed by atoms with E-state index in [1.807, 2.05) is 6.92 Å². The van der Waals surface area contributed by atoms with Crippen LogP contribution in [0.2, 0.25) is 0 Å². The highest BCUT2D eigenvalue weighted by atomic mass is 16.6. The number of hydrogen-bond donors (Lipinski definition) is 3. The van der Waals surface area contributed by atoms with Gasteiger partial charge < -0.3 is 20.1 Å². The number of esters is 2. The molecule has 1 heterocycles. The molecule has 6 nitrogen and oxygen atoms in total. The van der Waals surface area contributed by atoms with E-state index in [1.165, 1.54) is 0 Å². The van der Waals surface area contributed by atoms with Crippen molar-refractivity contribution in [2.45, 2.75) is 39.6 Å². The van der Waals surface area contributed by atoms with Gasteiger partial charge in [-0.05, 0) is 28.7 Å². The summed E-state index contributed by atoms with van der Waals surface area (Å²) in [6.07, 6.45) is 1.25. The Balaban J connectivity index is 2.87. The first-order valence-electron chi connectivity index (χ1n) is 6.39. The van der Waals surface area contributed by atoms with E-state index in [0.717, 1.165) is 6.42 Å². The fourth-order valence-corrected chi connectivity index (χ4v) is 2.70. The van der Waals surface area contributed by atoms with Gasteiger partial charge in [-0.3, -0.25) is 0 Å². The minimum atomic E-state index is -0.846. The van der Waals surface area contributed by atoms with Crippen LogP contribution in [0.4, 0.5) is 0 Å². The van der Waals surface area contributed by atoms with Crippen molar-refractivity contribution in [2.75, 3.05) is 0 Å². The van der Waals surface area contributed by atoms with Crippen molar-refractivity contribution in [2.24, 2.45) is 0 Å². The maximum atomic E-state index is 11.8. The van der Waals surface area contributed by atoms with Gasteiger partial charge in [0.1, 0.15) is 0 Å². The molecule has 108 valence electrons. The summed E-state index contributed by atoms with van der Waals surface area (Å²) < 4.78 is 4.57. The molecule has 1 aromatic carbocycles. The lowest BCUT2D eigenvalue weighted by atomic mass is 9.86. The molecular formula is C14H16O6. The number of aliphatic hydroxyl groups excluding tert-OH is 3. The van der Waals surface area contributed by atoms with Gasteiger partial charge in [-0.25, -0.2) is 9.59 Å². The number of benzene rings is 1. The van der Waals surface area contributed by atoms with Crippen molar-refractivity contribution in [3.8, 4) is 0 Å². The minimum Gasteiger partial charge on any atom is -0.392 e. The molecule has 0 saturated carbocycles. The fraction of sp³-hybridized carbons (Fsp3) is 0.429. The third-order valence-corrected chi connectivity index (χ3v) is 3.51. The molecule has 0 fully saturated rings. The predicted octanol–water partition coefficient (Wildman–Crippen LogP) is 0.427. The summed E-state index contributed by atoms with van der Waals surface area (Å²) in [5.74, 6) is -1.66. The summed E-state index contributed by atoms with van der Waals surface area (Å²) in [6, 6.07) is 0. The molecule has 0 aliphatic carbocycles. The van der Waals surface area contributed by atoms with Crippen LogP contribution in [0.3, 0.4) is 0 Å². The number of carbonyl (C=O) groups is 2. The Morgan fingerprint density at radius 1 is 0.800 bits per heavy atom. The summed E-state index contributed by atoms with van der Waals surface area (Å²) in [4.78, 5) is 23.5. The zero-order valence-electron chi connectivity index (χ0n) is 11.1. The van der Waals surface area contributed by atoms with Gasteiger partial charge in [0.15, 0.2) is 0 Å². The van der Waals surface area contributed by atoms with E-state index in [9.17, 15) is 24.9 Å². The zero-order chi connectivity index (χ0) is 14.9. The molecule has 6 heteroatoms. The van der Waals surface area contributed by atoms with Gasteiger partial charge >= 0.3 is 11.9 Å². The van der Waals surface area contributed by atoms with Gasteiger partial charge in [-0.2, -0.15) is 0 Å². The second kappa shape index (κ2) is 5.70. The Bertz CT molecular complexity index is 576. The molecule has 0 bridgehead atoms. The van der Waals surface area contributed by atoms with E-state index in [2.05, 4.69) is 4.74 Å². The van der Waals surface area contributed by atoms with Crippen LogP contribution < -0.4 is 0 Å². The topological polar surface area (TPSA) is 104 Å². The lowest BCUT2D eigenvalue weighted by Gasteiger charge is -2.18. The molecule has 0 spiro atoms.